The van der Waals surface area contributed by atoms with Crippen molar-refractivity contribution in [3.05, 3.63) is 0 Å². The molecular weight excluding hydrogens is 249 g/mol. The number of halogens is 3. The van der Waals surface area contributed by atoms with Crippen molar-refractivity contribution in [3.63, 3.8) is 0 Å². The van der Waals surface area contributed by atoms with Gasteiger partial charge in [-0.15, -0.1) is 0 Å². The van der Waals surface area contributed by atoms with Crippen LogP contribution in [0.25, 0.3) is 0 Å². The Kier molecular flexibility index (Phi) is 4.98. The van der Waals surface area contributed by atoms with E-state index in [9.17, 15) is 22.8 Å². The molecule has 1 N–H and O–H groups in total. The van der Waals surface area contributed by atoms with Crippen molar-refractivity contribution in [2.45, 2.75) is 32.4 Å². The molecule has 1 rings (SSSR count). The summed E-state index contributed by atoms with van der Waals surface area (Å²) in [7, 11) is 0. The summed E-state index contributed by atoms with van der Waals surface area (Å²) in [6.45, 7) is 2.47. The average molecular weight is 266 g/mol. The lowest BCUT2D eigenvalue weighted by atomic mass is 9.96. The van der Waals surface area contributed by atoms with Crippen molar-refractivity contribution in [1.82, 2.24) is 10.2 Å². The second-order valence-corrected chi connectivity index (χ2v) is 4.36. The minimum atomic E-state index is -4.82. The maximum Gasteiger partial charge on any atom is 0.471 e. The molecule has 0 aromatic heterocycles. The highest BCUT2D eigenvalue weighted by atomic mass is 19.4. The van der Waals surface area contributed by atoms with E-state index in [1.165, 1.54) is 0 Å². The first kappa shape index (κ1) is 14.8. The van der Waals surface area contributed by atoms with Crippen molar-refractivity contribution in [3.8, 4) is 0 Å². The number of hydrogen-bond acceptors (Lipinski definition) is 2. The smallest absolute Gasteiger partial charge is 0.356 e. The monoisotopic (exact) mass is 266 g/mol. The van der Waals surface area contributed by atoms with Crippen LogP contribution < -0.4 is 5.32 Å². The van der Waals surface area contributed by atoms with Gasteiger partial charge in [0.1, 0.15) is 0 Å². The number of nitrogens with one attached hydrogen (secondary N) is 1. The van der Waals surface area contributed by atoms with Gasteiger partial charge in [-0.25, -0.2) is 0 Å². The van der Waals surface area contributed by atoms with Crippen LogP contribution in [0, 0.1) is 5.92 Å². The lowest BCUT2D eigenvalue weighted by Gasteiger charge is -2.31. The number of amides is 2. The first-order valence-electron chi connectivity index (χ1n) is 6.00. The Morgan fingerprint density at radius 2 is 1.83 bits per heavy atom. The third-order valence-corrected chi connectivity index (χ3v) is 2.94. The van der Waals surface area contributed by atoms with E-state index >= 15 is 0 Å². The molecule has 0 radical (unpaired) electrons. The van der Waals surface area contributed by atoms with Gasteiger partial charge in [-0.2, -0.15) is 13.2 Å². The number of nitrogens with zero attached hydrogens (tertiary/aromatic N) is 1. The molecule has 1 saturated heterocycles. The lowest BCUT2D eigenvalue weighted by molar-refractivity contribution is -0.186. The van der Waals surface area contributed by atoms with Crippen LogP contribution in [0.4, 0.5) is 13.2 Å². The molecule has 18 heavy (non-hydrogen) atoms. The Morgan fingerprint density at radius 3 is 2.28 bits per heavy atom. The Hall–Kier alpha value is -1.27. The predicted octanol–water partition coefficient (Wildman–Crippen LogP) is 1.31. The van der Waals surface area contributed by atoms with E-state index < -0.39 is 12.1 Å². The molecule has 104 valence electrons. The van der Waals surface area contributed by atoms with Crippen molar-refractivity contribution in [2.24, 2.45) is 5.92 Å². The molecule has 0 spiro atoms. The van der Waals surface area contributed by atoms with Gasteiger partial charge in [-0.1, -0.05) is 6.92 Å². The highest BCUT2D eigenvalue weighted by molar-refractivity contribution is 5.83. The summed E-state index contributed by atoms with van der Waals surface area (Å²) in [5.74, 6) is -2.22. The minimum Gasteiger partial charge on any atom is -0.356 e. The van der Waals surface area contributed by atoms with Gasteiger partial charge >= 0.3 is 12.1 Å². The molecule has 7 heteroatoms. The van der Waals surface area contributed by atoms with Crippen LogP contribution in [-0.4, -0.2) is 42.5 Å². The largest absolute Gasteiger partial charge is 0.471 e. The quantitative estimate of drug-likeness (QED) is 0.837. The van der Waals surface area contributed by atoms with Crippen LogP contribution >= 0.6 is 0 Å². The summed E-state index contributed by atoms with van der Waals surface area (Å²) in [5, 5.41) is 2.71. The van der Waals surface area contributed by atoms with Crippen LogP contribution in [0.15, 0.2) is 0 Å². The van der Waals surface area contributed by atoms with Gasteiger partial charge in [0.05, 0.1) is 0 Å². The first-order valence-corrected chi connectivity index (χ1v) is 6.00. The van der Waals surface area contributed by atoms with Gasteiger partial charge in [0.25, 0.3) is 0 Å². The summed E-state index contributed by atoms with van der Waals surface area (Å²) < 4.78 is 36.6. The summed E-state index contributed by atoms with van der Waals surface area (Å²) >= 11 is 0. The topological polar surface area (TPSA) is 49.4 Å². The molecule has 0 bridgehead atoms. The maximum atomic E-state index is 12.2. The Balaban J connectivity index is 2.41. The zero-order valence-corrected chi connectivity index (χ0v) is 10.2. The molecule has 0 aromatic carbocycles. The highest BCUT2D eigenvalue weighted by Crippen LogP contribution is 2.23. The van der Waals surface area contributed by atoms with Crippen LogP contribution in [0.2, 0.25) is 0 Å². The van der Waals surface area contributed by atoms with Gasteiger partial charge in [0.15, 0.2) is 0 Å². The lowest BCUT2D eigenvalue weighted by Crippen LogP contribution is -2.47. The summed E-state index contributed by atoms with van der Waals surface area (Å²) in [6, 6.07) is 0. The molecule has 1 heterocycles. The normalized spacial score (nSPS) is 17.7. The van der Waals surface area contributed by atoms with Crippen molar-refractivity contribution in [1.29, 1.82) is 0 Å². The van der Waals surface area contributed by atoms with Gasteiger partial charge in [0.2, 0.25) is 5.91 Å². The predicted molar refractivity (Wildman–Crippen MR) is 58.7 cm³/mol. The third-order valence-electron chi connectivity index (χ3n) is 2.94. The Labute approximate surface area is 104 Å². The van der Waals surface area contributed by atoms with E-state index in [0.29, 0.717) is 6.54 Å². The zero-order chi connectivity index (χ0) is 13.8. The molecule has 0 aliphatic carbocycles. The van der Waals surface area contributed by atoms with E-state index in [2.05, 4.69) is 5.32 Å². The average Bonchev–Trinajstić information content (AvgIpc) is 2.34. The summed E-state index contributed by atoms with van der Waals surface area (Å²) in [5.41, 5.74) is 0. The van der Waals surface area contributed by atoms with E-state index in [1.54, 1.807) is 0 Å². The minimum absolute atomic E-state index is 0.0114. The molecule has 1 aliphatic heterocycles. The summed E-state index contributed by atoms with van der Waals surface area (Å²) in [4.78, 5) is 23.3. The van der Waals surface area contributed by atoms with Crippen LogP contribution in [0.1, 0.15) is 26.2 Å². The second kappa shape index (κ2) is 6.06. The first-order chi connectivity index (χ1) is 8.36. The third kappa shape index (κ3) is 3.89. The molecule has 0 aromatic rings. The molecule has 4 nitrogen and oxygen atoms in total. The molecule has 0 atom stereocenters. The van der Waals surface area contributed by atoms with Crippen LogP contribution in [-0.2, 0) is 9.59 Å². The Bertz CT molecular complexity index is 310. The maximum absolute atomic E-state index is 12.2. The van der Waals surface area contributed by atoms with Gasteiger partial charge < -0.3 is 10.2 Å². The fourth-order valence-corrected chi connectivity index (χ4v) is 1.92. The number of likely N-dealkylation sites (tertiary alicyclic amines) is 1. The second-order valence-electron chi connectivity index (χ2n) is 4.36. The standard InChI is InChI=1S/C11H17F3N2O2/c1-2-5-15-9(17)8-3-6-16(7-4-8)10(18)11(12,13)14/h8H,2-7H2,1H3,(H,15,17). The zero-order valence-electron chi connectivity index (χ0n) is 10.2. The SMILES string of the molecule is CCCNC(=O)C1CCN(C(=O)C(F)(F)F)CC1. The van der Waals surface area contributed by atoms with Gasteiger partial charge in [-0.05, 0) is 19.3 Å². The van der Waals surface area contributed by atoms with Crippen LogP contribution in [0.5, 0.6) is 0 Å². The fourth-order valence-electron chi connectivity index (χ4n) is 1.92. The van der Waals surface area contributed by atoms with Gasteiger partial charge in [-0.3, -0.25) is 9.59 Å². The molecule has 1 aliphatic rings. The Morgan fingerprint density at radius 1 is 1.28 bits per heavy atom. The molecule has 2 amide bonds. The van der Waals surface area contributed by atoms with Crippen molar-refractivity contribution >= 4 is 11.8 Å². The fraction of sp³-hybridized carbons (Fsp3) is 0.818. The van der Waals surface area contributed by atoms with E-state index in [4.69, 9.17) is 0 Å². The van der Waals surface area contributed by atoms with E-state index in [-0.39, 0.29) is 37.8 Å². The molecule has 0 unspecified atom stereocenters. The van der Waals surface area contributed by atoms with Crippen molar-refractivity contribution in [2.75, 3.05) is 19.6 Å². The van der Waals surface area contributed by atoms with Gasteiger partial charge in [0, 0.05) is 25.6 Å². The van der Waals surface area contributed by atoms with E-state index in [0.717, 1.165) is 11.3 Å². The van der Waals surface area contributed by atoms with E-state index in [1.807, 2.05) is 6.92 Å². The molecule has 0 saturated carbocycles. The molecule has 1 fully saturated rings. The van der Waals surface area contributed by atoms with Crippen LogP contribution in [0.3, 0.4) is 0 Å². The van der Waals surface area contributed by atoms with Crippen molar-refractivity contribution < 1.29 is 22.8 Å². The number of rotatable bonds is 3. The number of alkyl halides is 3. The number of hydrogen-bond donors (Lipinski definition) is 1. The highest BCUT2D eigenvalue weighted by Gasteiger charge is 2.43. The number of piperidine rings is 1. The molecular formula is C11H17F3N2O2. The number of carbonyl (C=O) groups is 2. The number of carbonyl (C=O) groups excluding carboxylic acids is 2. The summed E-state index contributed by atoms with van der Waals surface area (Å²) in [6.07, 6.45) is -3.43.